The molecule has 2 aromatic heterocycles. The highest BCUT2D eigenvalue weighted by molar-refractivity contribution is 6.74. The molecular weight excluding hydrogens is 656 g/mol. The minimum atomic E-state index is -2.29. The first-order valence-electron chi connectivity index (χ1n) is 17.0. The zero-order valence-electron chi connectivity index (χ0n) is 30.7. The molecule has 0 bridgehead atoms. The highest BCUT2D eigenvalue weighted by Gasteiger charge is 2.47. The maximum absolute atomic E-state index is 14.0. The summed E-state index contributed by atoms with van der Waals surface area (Å²) in [6, 6.07) is 12.8. The van der Waals surface area contributed by atoms with Gasteiger partial charge in [-0.3, -0.25) is 14.7 Å². The minimum absolute atomic E-state index is 0.0496. The van der Waals surface area contributed by atoms with Gasteiger partial charge in [-0.25, -0.2) is 9.78 Å². The van der Waals surface area contributed by atoms with Gasteiger partial charge < -0.3 is 19.2 Å². The molecule has 3 aromatic rings. The fourth-order valence-corrected chi connectivity index (χ4v) is 7.26. The van der Waals surface area contributed by atoms with E-state index in [1.807, 2.05) is 62.1 Å². The summed E-state index contributed by atoms with van der Waals surface area (Å²) in [5.41, 5.74) is 3.34. The number of carbonyl (C=O) groups is 2. The Labute approximate surface area is 298 Å². The molecule has 266 valence electrons. The summed E-state index contributed by atoms with van der Waals surface area (Å²) in [7, 11) is -0.538. The van der Waals surface area contributed by atoms with Crippen LogP contribution in [0.3, 0.4) is 0 Å². The molecule has 0 saturated carbocycles. The molecule has 1 aromatic carbocycles. The second kappa shape index (κ2) is 15.3. The van der Waals surface area contributed by atoms with Crippen molar-refractivity contribution < 1.29 is 23.9 Å². The molecule has 0 spiro atoms. The van der Waals surface area contributed by atoms with Crippen LogP contribution in [0.5, 0.6) is 0 Å². The van der Waals surface area contributed by atoms with E-state index in [0.717, 1.165) is 29.5 Å². The molecule has 0 aliphatic carbocycles. The van der Waals surface area contributed by atoms with E-state index in [4.69, 9.17) is 20.8 Å². The van der Waals surface area contributed by atoms with Gasteiger partial charge in [-0.2, -0.15) is 0 Å². The first-order chi connectivity index (χ1) is 22.8. The van der Waals surface area contributed by atoms with Crippen molar-refractivity contribution >= 4 is 31.9 Å². The maximum Gasteiger partial charge on any atom is 0.410 e. The Morgan fingerprint density at radius 3 is 2.24 bits per heavy atom. The van der Waals surface area contributed by atoms with Crippen molar-refractivity contribution in [2.45, 2.75) is 122 Å². The summed E-state index contributed by atoms with van der Waals surface area (Å²) in [5.74, 6) is -0.118. The average Bonchev–Trinajstić information content (AvgIpc) is 3.42. The molecule has 9 nitrogen and oxygen atoms in total. The molecule has 1 aliphatic rings. The predicted octanol–water partition coefficient (Wildman–Crippen LogP) is 8.53. The summed E-state index contributed by atoms with van der Waals surface area (Å²) >= 11 is 6.18. The lowest BCUT2D eigenvalue weighted by molar-refractivity contribution is -0.00244. The molecule has 1 aliphatic heterocycles. The Morgan fingerprint density at radius 2 is 1.67 bits per heavy atom. The van der Waals surface area contributed by atoms with Gasteiger partial charge in [-0.05, 0) is 106 Å². The SMILES string of the molecule is CC(O)c1cncc(CN(C)C(=O)c2ccc(C[C@@H]3CC[C@H]([C@H](O[Si](C)(C)C(C)(C)C)c4ccc(Cl)nc4)N3C(=O)OC(C)(C)C)cc2)c1. The van der Waals surface area contributed by atoms with Gasteiger partial charge in [0.15, 0.2) is 8.32 Å². The van der Waals surface area contributed by atoms with E-state index in [0.29, 0.717) is 29.2 Å². The number of benzene rings is 1. The van der Waals surface area contributed by atoms with Gasteiger partial charge in [0.2, 0.25) is 0 Å². The molecule has 11 heteroatoms. The van der Waals surface area contributed by atoms with E-state index in [9.17, 15) is 14.7 Å². The van der Waals surface area contributed by atoms with Crippen LogP contribution in [0.15, 0.2) is 61.1 Å². The van der Waals surface area contributed by atoms with Gasteiger partial charge in [0.1, 0.15) is 10.8 Å². The van der Waals surface area contributed by atoms with E-state index in [-0.39, 0.29) is 29.1 Å². The number of likely N-dealkylation sites (tertiary alicyclic amines) is 1. The Morgan fingerprint density at radius 1 is 1.00 bits per heavy atom. The first kappa shape index (κ1) is 38.5. The van der Waals surface area contributed by atoms with E-state index in [2.05, 4.69) is 43.8 Å². The molecule has 1 fully saturated rings. The quantitative estimate of drug-likeness (QED) is 0.166. The van der Waals surface area contributed by atoms with Crippen molar-refractivity contribution in [1.82, 2.24) is 19.8 Å². The van der Waals surface area contributed by atoms with Gasteiger partial charge in [0.05, 0.1) is 18.2 Å². The van der Waals surface area contributed by atoms with E-state index in [1.54, 1.807) is 43.5 Å². The molecular formula is C38H53ClN4O5Si. The van der Waals surface area contributed by atoms with Crippen molar-refractivity contribution in [2.75, 3.05) is 7.05 Å². The number of nitrogens with zero attached hydrogens (tertiary/aromatic N) is 4. The third-order valence-electron chi connectivity index (χ3n) is 9.54. The molecule has 3 heterocycles. The fourth-order valence-electron chi connectivity index (χ4n) is 5.87. The average molecular weight is 709 g/mol. The van der Waals surface area contributed by atoms with Crippen LogP contribution in [-0.2, 0) is 22.1 Å². The van der Waals surface area contributed by atoms with Crippen LogP contribution in [0.1, 0.15) is 106 Å². The standard InChI is InChI=1S/C38H53ClN4O5Si/c1-25(44)30-19-27(21-40-22-30)24-42(8)35(45)28-13-11-26(12-14-28)20-31-16-17-32(43(31)36(46)47-37(2,3)4)34(29-15-18-33(39)41-23-29)48-49(9,10)38(5,6)7/h11-15,18-19,21-23,25,31-32,34,44H,16-17,20,24H2,1-10H3/t25?,31-,32+,34+/m0/s1. The minimum Gasteiger partial charge on any atom is -0.444 e. The number of aliphatic hydroxyl groups excluding tert-OH is 1. The number of rotatable bonds is 10. The number of aliphatic hydroxyl groups is 1. The molecule has 49 heavy (non-hydrogen) atoms. The van der Waals surface area contributed by atoms with Crippen LogP contribution in [0.2, 0.25) is 23.3 Å². The van der Waals surface area contributed by atoms with E-state index >= 15 is 0 Å². The second-order valence-corrected chi connectivity index (χ2v) is 20.9. The Hall–Kier alpha value is -3.31. The lowest BCUT2D eigenvalue weighted by atomic mass is 10.0. The largest absolute Gasteiger partial charge is 0.444 e. The lowest BCUT2D eigenvalue weighted by Crippen LogP contribution is -2.50. The molecule has 1 N–H and O–H groups in total. The van der Waals surface area contributed by atoms with Gasteiger partial charge in [0, 0.05) is 49.4 Å². The van der Waals surface area contributed by atoms with Gasteiger partial charge in [-0.1, -0.05) is 50.6 Å². The van der Waals surface area contributed by atoms with Crippen LogP contribution in [0, 0.1) is 0 Å². The fraction of sp³-hybridized carbons (Fsp3) is 0.526. The van der Waals surface area contributed by atoms with Crippen molar-refractivity contribution in [3.8, 4) is 0 Å². The van der Waals surface area contributed by atoms with E-state index in [1.165, 1.54) is 0 Å². The molecule has 4 atom stereocenters. The summed E-state index contributed by atoms with van der Waals surface area (Å²) < 4.78 is 13.1. The van der Waals surface area contributed by atoms with Crippen LogP contribution >= 0.6 is 11.6 Å². The first-order valence-corrected chi connectivity index (χ1v) is 20.3. The van der Waals surface area contributed by atoms with Gasteiger partial charge >= 0.3 is 6.09 Å². The number of ether oxygens (including phenoxy) is 1. The molecule has 1 unspecified atom stereocenters. The smallest absolute Gasteiger partial charge is 0.410 e. The van der Waals surface area contributed by atoms with Crippen LogP contribution in [-0.4, -0.2) is 69.9 Å². The summed E-state index contributed by atoms with van der Waals surface area (Å²) in [6.45, 7) is 18.8. The Bertz CT molecular complexity index is 1590. The number of carbonyl (C=O) groups excluding carboxylic acids is 2. The van der Waals surface area contributed by atoms with Crippen molar-refractivity contribution in [2.24, 2.45) is 0 Å². The number of hydrogen-bond donors (Lipinski definition) is 1. The Balaban J connectivity index is 1.58. The van der Waals surface area contributed by atoms with Crippen molar-refractivity contribution in [1.29, 1.82) is 0 Å². The monoisotopic (exact) mass is 708 g/mol. The van der Waals surface area contributed by atoms with Gasteiger partial charge in [0.25, 0.3) is 5.91 Å². The number of hydrogen-bond acceptors (Lipinski definition) is 7. The molecule has 2 amide bonds. The summed E-state index contributed by atoms with van der Waals surface area (Å²) in [5, 5.41) is 10.3. The topological polar surface area (TPSA) is 105 Å². The number of amides is 2. The molecule has 0 radical (unpaired) electrons. The highest BCUT2D eigenvalue weighted by atomic mass is 35.5. The lowest BCUT2D eigenvalue weighted by Gasteiger charge is -2.43. The van der Waals surface area contributed by atoms with E-state index < -0.39 is 26.1 Å². The second-order valence-electron chi connectivity index (χ2n) is 15.8. The van der Waals surface area contributed by atoms with Crippen molar-refractivity contribution in [3.63, 3.8) is 0 Å². The third kappa shape index (κ3) is 9.90. The van der Waals surface area contributed by atoms with Crippen LogP contribution in [0.4, 0.5) is 4.79 Å². The zero-order valence-corrected chi connectivity index (χ0v) is 32.4. The number of aromatic nitrogens is 2. The normalized spacial score (nSPS) is 18.2. The number of pyridine rings is 2. The van der Waals surface area contributed by atoms with Crippen molar-refractivity contribution in [3.05, 3.63) is 94.0 Å². The predicted molar refractivity (Wildman–Crippen MR) is 196 cm³/mol. The van der Waals surface area contributed by atoms with Gasteiger partial charge in [-0.15, -0.1) is 0 Å². The zero-order chi connectivity index (χ0) is 36.3. The van der Waals surface area contributed by atoms with Crippen LogP contribution in [0.25, 0.3) is 0 Å². The molecule has 4 rings (SSSR count). The Kier molecular flexibility index (Phi) is 12.0. The maximum atomic E-state index is 14.0. The van der Waals surface area contributed by atoms with Crippen LogP contribution < -0.4 is 0 Å². The molecule has 1 saturated heterocycles. The third-order valence-corrected chi connectivity index (χ3v) is 14.2. The summed E-state index contributed by atoms with van der Waals surface area (Å²) in [6.07, 6.45) is 5.79. The highest BCUT2D eigenvalue weighted by Crippen LogP contribution is 2.44. The summed E-state index contributed by atoms with van der Waals surface area (Å²) in [4.78, 5) is 39.4. The number of halogens is 1.